The van der Waals surface area contributed by atoms with Crippen LogP contribution in [-0.4, -0.2) is 19.9 Å². The molecule has 0 fully saturated rings. The molecule has 0 unspecified atom stereocenters. The van der Waals surface area contributed by atoms with Crippen molar-refractivity contribution in [3.8, 4) is 0 Å². The van der Waals surface area contributed by atoms with E-state index in [0.29, 0.717) is 11.6 Å². The van der Waals surface area contributed by atoms with Crippen LogP contribution in [0.4, 0.5) is 5.69 Å². The van der Waals surface area contributed by atoms with Crippen molar-refractivity contribution in [2.75, 3.05) is 5.32 Å². The molecular weight excluding hydrogens is 252 g/mol. The first kappa shape index (κ1) is 12.9. The first-order chi connectivity index (χ1) is 8.61. The van der Waals surface area contributed by atoms with Gasteiger partial charge < -0.3 is 15.0 Å². The Balaban J connectivity index is 2.12. The number of aromatic nitrogens is 3. The number of halogens is 1. The lowest BCUT2D eigenvalue weighted by atomic mass is 10.2. The van der Waals surface area contributed by atoms with Gasteiger partial charge in [0.25, 0.3) is 0 Å². The van der Waals surface area contributed by atoms with Crippen molar-refractivity contribution in [2.24, 2.45) is 7.05 Å². The maximum Gasteiger partial charge on any atom is 0.152 e. The second-order valence-electron chi connectivity index (χ2n) is 4.05. The summed E-state index contributed by atoms with van der Waals surface area (Å²) in [6, 6.07) is 5.38. The van der Waals surface area contributed by atoms with Gasteiger partial charge in [0, 0.05) is 7.05 Å². The molecule has 6 heteroatoms. The van der Waals surface area contributed by atoms with Crippen molar-refractivity contribution in [1.29, 1.82) is 0 Å². The molecule has 0 saturated heterocycles. The van der Waals surface area contributed by atoms with Crippen LogP contribution in [-0.2, 0) is 20.2 Å². The van der Waals surface area contributed by atoms with Crippen LogP contribution in [0.3, 0.4) is 0 Å². The Morgan fingerprint density at radius 1 is 1.39 bits per heavy atom. The summed E-state index contributed by atoms with van der Waals surface area (Å²) in [5, 5.41) is 20.9. The average Bonchev–Trinajstić information content (AvgIpc) is 2.69. The maximum atomic E-state index is 9.09. The van der Waals surface area contributed by atoms with Crippen molar-refractivity contribution >= 4 is 17.3 Å². The zero-order valence-electron chi connectivity index (χ0n) is 10.3. The zero-order chi connectivity index (χ0) is 13.1. The zero-order valence-corrected chi connectivity index (χ0v) is 11.1. The minimum Gasteiger partial charge on any atom is -0.392 e. The van der Waals surface area contributed by atoms with Gasteiger partial charge in [0.05, 0.1) is 23.9 Å². The molecule has 2 aromatic rings. The molecule has 0 bridgehead atoms. The fourth-order valence-electron chi connectivity index (χ4n) is 1.59. The molecule has 2 N–H and O–H groups in total. The Bertz CT molecular complexity index is 553. The van der Waals surface area contributed by atoms with Crippen LogP contribution in [0.25, 0.3) is 0 Å². The molecular formula is C12H15ClN4O. The van der Waals surface area contributed by atoms with E-state index >= 15 is 0 Å². The second kappa shape index (κ2) is 5.37. The summed E-state index contributed by atoms with van der Waals surface area (Å²) in [4.78, 5) is 0. The summed E-state index contributed by atoms with van der Waals surface area (Å²) in [6.45, 7) is 2.43. The standard InChI is InChI=1S/C12H15ClN4O/c1-8-15-16-12(17(8)2)6-14-11-5-9(7-18)3-4-10(11)13/h3-5,14,18H,6-7H2,1-2H3. The number of anilines is 1. The van der Waals surface area contributed by atoms with Gasteiger partial charge in [-0.15, -0.1) is 10.2 Å². The quantitative estimate of drug-likeness (QED) is 0.887. The molecule has 96 valence electrons. The smallest absolute Gasteiger partial charge is 0.152 e. The lowest BCUT2D eigenvalue weighted by Crippen LogP contribution is -2.07. The molecule has 1 heterocycles. The van der Waals surface area contributed by atoms with Crippen LogP contribution >= 0.6 is 11.6 Å². The van der Waals surface area contributed by atoms with Gasteiger partial charge in [0.1, 0.15) is 5.82 Å². The SMILES string of the molecule is Cc1nnc(CNc2cc(CO)ccc2Cl)n1C. The van der Waals surface area contributed by atoms with Crippen LogP contribution in [0.15, 0.2) is 18.2 Å². The summed E-state index contributed by atoms with van der Waals surface area (Å²) in [6.07, 6.45) is 0. The van der Waals surface area contributed by atoms with Crippen LogP contribution in [0.2, 0.25) is 5.02 Å². The van der Waals surface area contributed by atoms with Crippen LogP contribution in [0.1, 0.15) is 17.2 Å². The minimum atomic E-state index is -0.00504. The van der Waals surface area contributed by atoms with Crippen LogP contribution in [0, 0.1) is 6.92 Å². The van der Waals surface area contributed by atoms with E-state index in [4.69, 9.17) is 16.7 Å². The normalized spacial score (nSPS) is 10.7. The predicted molar refractivity (Wildman–Crippen MR) is 70.4 cm³/mol. The van der Waals surface area contributed by atoms with Gasteiger partial charge in [-0.1, -0.05) is 17.7 Å². The van der Waals surface area contributed by atoms with Crippen LogP contribution in [0.5, 0.6) is 0 Å². The van der Waals surface area contributed by atoms with Gasteiger partial charge >= 0.3 is 0 Å². The van der Waals surface area contributed by atoms with E-state index in [2.05, 4.69) is 15.5 Å². The topological polar surface area (TPSA) is 63.0 Å². The highest BCUT2D eigenvalue weighted by molar-refractivity contribution is 6.33. The Morgan fingerprint density at radius 3 is 2.78 bits per heavy atom. The number of benzene rings is 1. The van der Waals surface area contributed by atoms with Crippen molar-refractivity contribution in [3.05, 3.63) is 40.4 Å². The van der Waals surface area contributed by atoms with Gasteiger partial charge in [-0.25, -0.2) is 0 Å². The summed E-state index contributed by atoms with van der Waals surface area (Å²) < 4.78 is 1.91. The van der Waals surface area contributed by atoms with E-state index in [-0.39, 0.29) is 6.61 Å². The highest BCUT2D eigenvalue weighted by atomic mass is 35.5. The Hall–Kier alpha value is -1.59. The fraction of sp³-hybridized carbons (Fsp3) is 0.333. The monoisotopic (exact) mass is 266 g/mol. The maximum absolute atomic E-state index is 9.09. The number of nitrogens with zero attached hydrogens (tertiary/aromatic N) is 3. The first-order valence-corrected chi connectivity index (χ1v) is 5.97. The van der Waals surface area contributed by atoms with Gasteiger partial charge in [0.2, 0.25) is 0 Å². The molecule has 0 aliphatic heterocycles. The molecule has 18 heavy (non-hydrogen) atoms. The number of nitrogens with one attached hydrogen (secondary N) is 1. The molecule has 0 spiro atoms. The third-order valence-electron chi connectivity index (χ3n) is 2.83. The molecule has 5 nitrogen and oxygen atoms in total. The summed E-state index contributed by atoms with van der Waals surface area (Å²) >= 11 is 6.08. The van der Waals surface area contributed by atoms with Gasteiger partial charge in [-0.05, 0) is 24.6 Å². The van der Waals surface area contributed by atoms with E-state index in [1.807, 2.05) is 24.6 Å². The first-order valence-electron chi connectivity index (χ1n) is 5.60. The Morgan fingerprint density at radius 2 is 2.17 bits per heavy atom. The highest BCUT2D eigenvalue weighted by Crippen LogP contribution is 2.23. The van der Waals surface area contributed by atoms with Gasteiger partial charge in [-0.2, -0.15) is 0 Å². The predicted octanol–water partition coefficient (Wildman–Crippen LogP) is 1.88. The number of hydrogen-bond acceptors (Lipinski definition) is 4. The van der Waals surface area contributed by atoms with E-state index in [9.17, 15) is 0 Å². The van der Waals surface area contributed by atoms with Gasteiger partial charge in [-0.3, -0.25) is 0 Å². The summed E-state index contributed by atoms with van der Waals surface area (Å²) in [5.41, 5.74) is 1.60. The number of aliphatic hydroxyl groups excluding tert-OH is 1. The molecule has 0 amide bonds. The Kier molecular flexibility index (Phi) is 3.84. The van der Waals surface area contributed by atoms with Crippen molar-refractivity contribution in [3.63, 3.8) is 0 Å². The average molecular weight is 267 g/mol. The highest BCUT2D eigenvalue weighted by Gasteiger charge is 2.06. The van der Waals surface area contributed by atoms with Gasteiger partial charge in [0.15, 0.2) is 5.82 Å². The third-order valence-corrected chi connectivity index (χ3v) is 3.16. The molecule has 0 saturated carbocycles. The van der Waals surface area contributed by atoms with Crippen LogP contribution < -0.4 is 5.32 Å². The molecule has 0 radical (unpaired) electrons. The van der Waals surface area contributed by atoms with E-state index in [1.54, 1.807) is 12.1 Å². The van der Waals surface area contributed by atoms with Crippen molar-refractivity contribution in [1.82, 2.24) is 14.8 Å². The Labute approximate surface area is 110 Å². The van der Waals surface area contributed by atoms with E-state index in [0.717, 1.165) is 22.9 Å². The van der Waals surface area contributed by atoms with E-state index in [1.165, 1.54) is 0 Å². The molecule has 2 rings (SSSR count). The molecule has 1 aromatic carbocycles. The molecule has 0 aliphatic rings. The number of hydrogen-bond donors (Lipinski definition) is 2. The van der Waals surface area contributed by atoms with E-state index < -0.39 is 0 Å². The molecule has 1 aromatic heterocycles. The lowest BCUT2D eigenvalue weighted by molar-refractivity contribution is 0.282. The third kappa shape index (κ3) is 2.63. The lowest BCUT2D eigenvalue weighted by Gasteiger charge is -2.09. The summed E-state index contributed by atoms with van der Waals surface area (Å²) in [5.74, 6) is 1.69. The van der Waals surface area contributed by atoms with Crippen molar-refractivity contribution in [2.45, 2.75) is 20.1 Å². The minimum absolute atomic E-state index is 0.00504. The molecule has 0 aliphatic carbocycles. The fourth-order valence-corrected chi connectivity index (χ4v) is 1.77. The number of aliphatic hydroxyl groups is 1. The second-order valence-corrected chi connectivity index (χ2v) is 4.46. The van der Waals surface area contributed by atoms with Crippen molar-refractivity contribution < 1.29 is 5.11 Å². The number of aryl methyl sites for hydroxylation is 1. The number of rotatable bonds is 4. The summed E-state index contributed by atoms with van der Waals surface area (Å²) in [7, 11) is 1.91. The largest absolute Gasteiger partial charge is 0.392 e. The molecule has 0 atom stereocenters.